The van der Waals surface area contributed by atoms with Crippen molar-refractivity contribution < 1.29 is 0 Å². The van der Waals surface area contributed by atoms with Crippen LogP contribution in [-0.4, -0.2) is 17.1 Å². The molecule has 0 spiro atoms. The highest BCUT2D eigenvalue weighted by molar-refractivity contribution is 6.31. The number of pyridine rings is 1. The predicted molar refractivity (Wildman–Crippen MR) is 76.0 cm³/mol. The number of anilines is 1. The van der Waals surface area contributed by atoms with E-state index in [4.69, 9.17) is 17.3 Å². The average Bonchev–Trinajstić information content (AvgIpc) is 2.75. The molecule has 1 heterocycles. The summed E-state index contributed by atoms with van der Waals surface area (Å²) in [6, 6.07) is 8.41. The molecule has 0 aliphatic heterocycles. The van der Waals surface area contributed by atoms with Crippen LogP contribution in [0.4, 0.5) is 5.69 Å². The van der Waals surface area contributed by atoms with Crippen molar-refractivity contribution in [3.05, 3.63) is 35.5 Å². The number of hydrogen-bond donors (Lipinski definition) is 2. The van der Waals surface area contributed by atoms with Gasteiger partial charge in [-0.25, -0.2) is 0 Å². The molecule has 3 nitrogen and oxygen atoms in total. The molecule has 4 heteroatoms. The summed E-state index contributed by atoms with van der Waals surface area (Å²) in [6.07, 6.45) is 5.25. The fourth-order valence-electron chi connectivity index (χ4n) is 2.61. The average molecular weight is 262 g/mol. The number of halogens is 1. The Labute approximate surface area is 111 Å². The molecule has 94 valence electrons. The van der Waals surface area contributed by atoms with Gasteiger partial charge >= 0.3 is 0 Å². The first-order valence-corrected chi connectivity index (χ1v) is 6.68. The van der Waals surface area contributed by atoms with Crippen LogP contribution in [0.3, 0.4) is 0 Å². The summed E-state index contributed by atoms with van der Waals surface area (Å²) in [6.45, 7) is 0. The topological polar surface area (TPSA) is 50.9 Å². The minimum Gasteiger partial charge on any atom is -0.380 e. The molecule has 2 atom stereocenters. The summed E-state index contributed by atoms with van der Waals surface area (Å²) in [7, 11) is 0. The zero-order valence-electron chi connectivity index (χ0n) is 10.1. The van der Waals surface area contributed by atoms with Gasteiger partial charge in [0.1, 0.15) is 0 Å². The number of nitrogens with zero attached hydrogens (tertiary/aromatic N) is 1. The maximum atomic E-state index is 6.10. The first kappa shape index (κ1) is 11.8. The zero-order valence-corrected chi connectivity index (χ0v) is 10.8. The van der Waals surface area contributed by atoms with Crippen LogP contribution in [0, 0.1) is 0 Å². The van der Waals surface area contributed by atoms with E-state index < -0.39 is 0 Å². The number of rotatable bonds is 2. The molecule has 18 heavy (non-hydrogen) atoms. The van der Waals surface area contributed by atoms with Crippen LogP contribution < -0.4 is 11.1 Å². The van der Waals surface area contributed by atoms with Gasteiger partial charge in [0.15, 0.2) is 0 Å². The quantitative estimate of drug-likeness (QED) is 0.873. The van der Waals surface area contributed by atoms with Crippen molar-refractivity contribution >= 4 is 28.2 Å². The second-order valence-electron chi connectivity index (χ2n) is 4.87. The molecule has 0 bridgehead atoms. The van der Waals surface area contributed by atoms with Crippen molar-refractivity contribution in [2.75, 3.05) is 5.32 Å². The van der Waals surface area contributed by atoms with E-state index in [-0.39, 0.29) is 6.04 Å². The molecular formula is C14H16ClN3. The number of fused-ring (bicyclic) bond motifs is 1. The molecule has 1 aromatic carbocycles. The van der Waals surface area contributed by atoms with E-state index >= 15 is 0 Å². The third-order valence-electron chi connectivity index (χ3n) is 3.62. The minimum atomic E-state index is 0.250. The Kier molecular flexibility index (Phi) is 3.10. The Bertz CT molecular complexity index is 570. The standard InChI is InChI=1S/C14H16ClN3/c15-9-4-5-10-12(6-7-17-14(10)8-9)18-13-3-1-2-11(13)16/h4-8,11,13H,1-3,16H2,(H,17,18). The first-order chi connectivity index (χ1) is 8.74. The first-order valence-electron chi connectivity index (χ1n) is 6.30. The molecule has 1 saturated carbocycles. The molecule has 0 radical (unpaired) electrons. The van der Waals surface area contributed by atoms with Crippen molar-refractivity contribution in [3.63, 3.8) is 0 Å². The van der Waals surface area contributed by atoms with Crippen LogP contribution in [0.25, 0.3) is 10.9 Å². The number of benzene rings is 1. The Morgan fingerprint density at radius 1 is 1.28 bits per heavy atom. The highest BCUT2D eigenvalue weighted by Gasteiger charge is 2.23. The normalized spacial score (nSPS) is 23.4. The van der Waals surface area contributed by atoms with Gasteiger partial charge in [0.25, 0.3) is 0 Å². The van der Waals surface area contributed by atoms with E-state index in [1.807, 2.05) is 30.5 Å². The van der Waals surface area contributed by atoms with Crippen LogP contribution in [0.5, 0.6) is 0 Å². The Hall–Kier alpha value is -1.32. The summed E-state index contributed by atoms with van der Waals surface area (Å²) >= 11 is 5.98. The van der Waals surface area contributed by atoms with E-state index in [1.165, 1.54) is 6.42 Å². The van der Waals surface area contributed by atoms with E-state index in [0.29, 0.717) is 11.1 Å². The molecule has 2 unspecified atom stereocenters. The van der Waals surface area contributed by atoms with Gasteiger partial charge in [-0.15, -0.1) is 0 Å². The van der Waals surface area contributed by atoms with Gasteiger partial charge in [0, 0.05) is 34.4 Å². The van der Waals surface area contributed by atoms with Crippen LogP contribution >= 0.6 is 11.6 Å². The fourth-order valence-corrected chi connectivity index (χ4v) is 2.78. The van der Waals surface area contributed by atoms with Crippen molar-refractivity contribution in [2.24, 2.45) is 5.73 Å². The largest absolute Gasteiger partial charge is 0.380 e. The predicted octanol–water partition coefficient (Wildman–Crippen LogP) is 3.18. The lowest BCUT2D eigenvalue weighted by Crippen LogP contribution is -2.35. The molecule has 3 N–H and O–H groups in total. The second kappa shape index (κ2) is 4.75. The van der Waals surface area contributed by atoms with E-state index in [1.54, 1.807) is 0 Å². The van der Waals surface area contributed by atoms with Gasteiger partial charge in [0.05, 0.1) is 5.52 Å². The fraction of sp³-hybridized carbons (Fsp3) is 0.357. The zero-order chi connectivity index (χ0) is 12.5. The number of aromatic nitrogens is 1. The van der Waals surface area contributed by atoms with Crippen molar-refractivity contribution in [1.29, 1.82) is 0 Å². The second-order valence-corrected chi connectivity index (χ2v) is 5.30. The van der Waals surface area contributed by atoms with Gasteiger partial charge < -0.3 is 11.1 Å². The summed E-state index contributed by atoms with van der Waals surface area (Å²) in [5.41, 5.74) is 8.11. The van der Waals surface area contributed by atoms with Gasteiger partial charge in [-0.3, -0.25) is 4.98 Å². The SMILES string of the molecule is NC1CCCC1Nc1ccnc2cc(Cl)ccc12. The number of nitrogens with two attached hydrogens (primary N) is 1. The Balaban J connectivity index is 1.96. The van der Waals surface area contributed by atoms with Crippen LogP contribution in [-0.2, 0) is 0 Å². The maximum Gasteiger partial charge on any atom is 0.0737 e. The molecule has 1 aliphatic rings. The van der Waals surface area contributed by atoms with Gasteiger partial charge in [-0.1, -0.05) is 11.6 Å². The van der Waals surface area contributed by atoms with Crippen molar-refractivity contribution in [3.8, 4) is 0 Å². The highest BCUT2D eigenvalue weighted by atomic mass is 35.5. The summed E-state index contributed by atoms with van der Waals surface area (Å²) in [5.74, 6) is 0. The van der Waals surface area contributed by atoms with Crippen LogP contribution in [0.15, 0.2) is 30.5 Å². The summed E-state index contributed by atoms with van der Waals surface area (Å²) in [4.78, 5) is 4.34. The Morgan fingerprint density at radius 3 is 2.94 bits per heavy atom. The highest BCUT2D eigenvalue weighted by Crippen LogP contribution is 2.27. The third-order valence-corrected chi connectivity index (χ3v) is 3.85. The smallest absolute Gasteiger partial charge is 0.0737 e. The minimum absolute atomic E-state index is 0.250. The van der Waals surface area contributed by atoms with Gasteiger partial charge in [0.2, 0.25) is 0 Å². The Morgan fingerprint density at radius 2 is 2.17 bits per heavy atom. The lowest BCUT2D eigenvalue weighted by atomic mass is 10.1. The van der Waals surface area contributed by atoms with Crippen molar-refractivity contribution in [1.82, 2.24) is 4.98 Å². The van der Waals surface area contributed by atoms with Gasteiger partial charge in [-0.2, -0.15) is 0 Å². The molecular weight excluding hydrogens is 246 g/mol. The molecule has 2 aromatic rings. The lowest BCUT2D eigenvalue weighted by molar-refractivity contribution is 0.638. The number of nitrogens with one attached hydrogen (secondary N) is 1. The lowest BCUT2D eigenvalue weighted by Gasteiger charge is -2.19. The molecule has 0 amide bonds. The maximum absolute atomic E-state index is 6.10. The molecule has 1 fully saturated rings. The molecule has 0 saturated heterocycles. The summed E-state index contributed by atoms with van der Waals surface area (Å²) < 4.78 is 0. The van der Waals surface area contributed by atoms with E-state index in [2.05, 4.69) is 10.3 Å². The molecule has 1 aromatic heterocycles. The van der Waals surface area contributed by atoms with E-state index in [0.717, 1.165) is 29.4 Å². The number of hydrogen-bond acceptors (Lipinski definition) is 3. The summed E-state index contributed by atoms with van der Waals surface area (Å²) in [5, 5.41) is 5.36. The molecule has 1 aliphatic carbocycles. The monoisotopic (exact) mass is 261 g/mol. The van der Waals surface area contributed by atoms with Crippen LogP contribution in [0.2, 0.25) is 5.02 Å². The van der Waals surface area contributed by atoms with Crippen molar-refractivity contribution in [2.45, 2.75) is 31.3 Å². The van der Waals surface area contributed by atoms with Crippen LogP contribution in [0.1, 0.15) is 19.3 Å². The van der Waals surface area contributed by atoms with Gasteiger partial charge in [-0.05, 0) is 43.5 Å². The third kappa shape index (κ3) is 2.16. The molecule has 3 rings (SSSR count). The van der Waals surface area contributed by atoms with E-state index in [9.17, 15) is 0 Å².